The highest BCUT2D eigenvalue weighted by Gasteiger charge is 2.19. The van der Waals surface area contributed by atoms with Crippen molar-refractivity contribution in [2.45, 2.75) is 36.1 Å². The summed E-state index contributed by atoms with van der Waals surface area (Å²) in [5, 5.41) is 5.60. The van der Waals surface area contributed by atoms with Crippen molar-refractivity contribution >= 4 is 39.9 Å². The zero-order valence-electron chi connectivity index (χ0n) is 16.4. The highest BCUT2D eigenvalue weighted by Crippen LogP contribution is 2.32. The van der Waals surface area contributed by atoms with E-state index in [0.29, 0.717) is 16.8 Å². The second kappa shape index (κ2) is 8.83. The van der Waals surface area contributed by atoms with Crippen LogP contribution in [0.3, 0.4) is 0 Å². The average Bonchev–Trinajstić information content (AvgIpc) is 3.29. The summed E-state index contributed by atoms with van der Waals surface area (Å²) in [5.41, 5.74) is 0.143. The van der Waals surface area contributed by atoms with Crippen molar-refractivity contribution in [2.75, 3.05) is 17.7 Å². The molecule has 2 aromatic heterocycles. The quantitative estimate of drug-likeness (QED) is 0.495. The molecule has 2 N–H and O–H groups in total. The summed E-state index contributed by atoms with van der Waals surface area (Å²) in [6.45, 7) is 6.20. The van der Waals surface area contributed by atoms with Crippen molar-refractivity contribution in [2.24, 2.45) is 0 Å². The van der Waals surface area contributed by atoms with E-state index in [1.165, 1.54) is 42.3 Å². The maximum absolute atomic E-state index is 13.7. The number of ether oxygens (including phenoxy) is 1. The number of carbonyl (C=O) groups excluding carboxylic acids is 1. The molecule has 0 spiro atoms. The van der Waals surface area contributed by atoms with Gasteiger partial charge in [-0.05, 0) is 12.1 Å². The van der Waals surface area contributed by atoms with E-state index in [-0.39, 0.29) is 16.9 Å². The number of oxazole rings is 1. The summed E-state index contributed by atoms with van der Waals surface area (Å²) in [7, 11) is 1.34. The van der Waals surface area contributed by atoms with Crippen molar-refractivity contribution in [1.82, 2.24) is 9.97 Å². The van der Waals surface area contributed by atoms with E-state index in [0.717, 1.165) is 9.97 Å². The monoisotopic (exact) mass is 436 g/mol. The number of amides is 2. The van der Waals surface area contributed by atoms with Crippen LogP contribution < -0.4 is 15.4 Å². The molecule has 3 aromatic rings. The number of para-hydroxylation sites is 1. The van der Waals surface area contributed by atoms with Crippen LogP contribution >= 0.6 is 23.1 Å². The van der Waals surface area contributed by atoms with Gasteiger partial charge in [-0.15, -0.1) is 11.8 Å². The smallest absolute Gasteiger partial charge is 0.325 e. The van der Waals surface area contributed by atoms with Crippen LogP contribution in [-0.4, -0.2) is 23.1 Å². The molecular weight excluding hydrogens is 415 g/mol. The molecule has 0 radical (unpaired) electrons. The second-order valence-corrected chi connectivity index (χ2v) is 9.35. The van der Waals surface area contributed by atoms with Crippen molar-refractivity contribution in [3.63, 3.8) is 0 Å². The van der Waals surface area contributed by atoms with Crippen LogP contribution in [0.1, 0.15) is 32.4 Å². The SMILES string of the molecule is COc1c(F)cccc1NC(=O)Nc1ncc(SCc2ncc(C(C)(C)C)o2)s1. The predicted molar refractivity (Wildman–Crippen MR) is 112 cm³/mol. The van der Waals surface area contributed by atoms with Crippen LogP contribution in [-0.2, 0) is 11.2 Å². The molecule has 0 aliphatic heterocycles. The number of rotatable bonds is 6. The molecule has 10 heteroatoms. The van der Waals surface area contributed by atoms with Crippen LogP contribution in [0.25, 0.3) is 0 Å². The molecular formula is C19H21FN4O3S2. The third-order valence-corrected chi connectivity index (χ3v) is 5.85. The Morgan fingerprint density at radius 1 is 1.28 bits per heavy atom. The Kier molecular flexibility index (Phi) is 6.43. The largest absolute Gasteiger partial charge is 0.492 e. The van der Waals surface area contributed by atoms with Crippen molar-refractivity contribution < 1.29 is 18.3 Å². The Hall–Kier alpha value is -2.59. The molecule has 0 unspecified atom stereocenters. The first-order valence-electron chi connectivity index (χ1n) is 8.70. The maximum atomic E-state index is 13.7. The summed E-state index contributed by atoms with van der Waals surface area (Å²) in [5.74, 6) is 1.45. The molecule has 0 fully saturated rings. The highest BCUT2D eigenvalue weighted by atomic mass is 32.2. The van der Waals surface area contributed by atoms with Crippen molar-refractivity contribution in [3.05, 3.63) is 48.1 Å². The number of hydrogen-bond acceptors (Lipinski definition) is 7. The van der Waals surface area contributed by atoms with E-state index in [1.807, 2.05) is 0 Å². The van der Waals surface area contributed by atoms with Gasteiger partial charge in [0, 0.05) is 5.41 Å². The number of methoxy groups -OCH3 is 1. The van der Waals surface area contributed by atoms with Gasteiger partial charge in [0.2, 0.25) is 5.89 Å². The third kappa shape index (κ3) is 5.48. The van der Waals surface area contributed by atoms with Gasteiger partial charge < -0.3 is 14.5 Å². The fourth-order valence-corrected chi connectivity index (χ4v) is 4.03. The highest BCUT2D eigenvalue weighted by molar-refractivity contribution is 8.00. The van der Waals surface area contributed by atoms with Gasteiger partial charge >= 0.3 is 6.03 Å². The van der Waals surface area contributed by atoms with Gasteiger partial charge in [-0.2, -0.15) is 0 Å². The van der Waals surface area contributed by atoms with Gasteiger partial charge in [-0.25, -0.2) is 19.2 Å². The Morgan fingerprint density at radius 2 is 2.07 bits per heavy atom. The third-order valence-electron chi connectivity index (χ3n) is 3.75. The standard InChI is InChI=1S/C19H21FN4O3S2/c1-19(2,3)13-8-21-14(27-13)10-28-15-9-22-18(29-15)24-17(25)23-12-7-5-6-11(20)16(12)26-4/h5-9H,10H2,1-4H3,(H2,22,23,24,25). The van der Waals surface area contributed by atoms with Gasteiger partial charge in [0.1, 0.15) is 5.76 Å². The number of aromatic nitrogens is 2. The molecule has 7 nitrogen and oxygen atoms in total. The molecule has 0 aliphatic carbocycles. The Bertz CT molecular complexity index is 998. The molecule has 0 saturated heterocycles. The average molecular weight is 437 g/mol. The van der Waals surface area contributed by atoms with Crippen LogP contribution in [0, 0.1) is 5.82 Å². The number of nitrogens with one attached hydrogen (secondary N) is 2. The number of thioether (sulfide) groups is 1. The lowest BCUT2D eigenvalue weighted by Gasteiger charge is -2.12. The van der Waals surface area contributed by atoms with E-state index in [2.05, 4.69) is 41.4 Å². The summed E-state index contributed by atoms with van der Waals surface area (Å²) >= 11 is 2.84. The molecule has 2 amide bonds. The number of thiazole rings is 1. The number of anilines is 2. The number of urea groups is 1. The molecule has 0 saturated carbocycles. The zero-order valence-corrected chi connectivity index (χ0v) is 18.0. The molecule has 1 aromatic carbocycles. The van der Waals surface area contributed by atoms with E-state index < -0.39 is 11.8 Å². The van der Waals surface area contributed by atoms with E-state index in [9.17, 15) is 9.18 Å². The van der Waals surface area contributed by atoms with Crippen molar-refractivity contribution in [3.8, 4) is 5.75 Å². The lowest BCUT2D eigenvalue weighted by atomic mass is 9.94. The number of carbonyl (C=O) groups is 1. The second-order valence-electron chi connectivity index (χ2n) is 7.04. The first-order chi connectivity index (χ1) is 13.8. The number of halogens is 1. The first-order valence-corrected chi connectivity index (χ1v) is 10.5. The predicted octanol–water partition coefficient (Wildman–Crippen LogP) is 5.51. The minimum atomic E-state index is -0.556. The fraction of sp³-hybridized carbons (Fsp3) is 0.316. The molecule has 0 atom stereocenters. The van der Waals surface area contributed by atoms with Gasteiger partial charge in [0.25, 0.3) is 0 Å². The van der Waals surface area contributed by atoms with Gasteiger partial charge in [-0.1, -0.05) is 38.2 Å². The summed E-state index contributed by atoms with van der Waals surface area (Å²) in [4.78, 5) is 20.7. The fourth-order valence-electron chi connectivity index (χ4n) is 2.31. The summed E-state index contributed by atoms with van der Waals surface area (Å²) < 4.78 is 25.4. The normalized spacial score (nSPS) is 11.3. The van der Waals surface area contributed by atoms with E-state index >= 15 is 0 Å². The summed E-state index contributed by atoms with van der Waals surface area (Å²) in [6, 6.07) is 3.75. The molecule has 154 valence electrons. The minimum absolute atomic E-state index is 0.0291. The molecule has 0 bridgehead atoms. The zero-order chi connectivity index (χ0) is 21.0. The minimum Gasteiger partial charge on any atom is -0.492 e. The van der Waals surface area contributed by atoms with Crippen LogP contribution in [0.5, 0.6) is 5.75 Å². The number of nitrogens with zero attached hydrogens (tertiary/aromatic N) is 2. The Morgan fingerprint density at radius 3 is 2.76 bits per heavy atom. The Balaban J connectivity index is 1.56. The molecule has 0 aliphatic rings. The van der Waals surface area contributed by atoms with E-state index in [1.54, 1.807) is 18.5 Å². The molecule has 2 heterocycles. The van der Waals surface area contributed by atoms with Crippen molar-refractivity contribution in [1.29, 1.82) is 0 Å². The van der Waals surface area contributed by atoms with Crippen LogP contribution in [0.2, 0.25) is 0 Å². The van der Waals surface area contributed by atoms with Gasteiger partial charge in [0.15, 0.2) is 16.7 Å². The lowest BCUT2D eigenvalue weighted by molar-refractivity contribution is 0.262. The molecule has 29 heavy (non-hydrogen) atoms. The molecule has 3 rings (SSSR count). The van der Waals surface area contributed by atoms with Crippen LogP contribution in [0.4, 0.5) is 20.0 Å². The van der Waals surface area contributed by atoms with Crippen LogP contribution in [0.15, 0.2) is 39.2 Å². The topological polar surface area (TPSA) is 89.3 Å². The van der Waals surface area contributed by atoms with Gasteiger partial charge in [0.05, 0.1) is 35.2 Å². The number of hydrogen-bond donors (Lipinski definition) is 2. The van der Waals surface area contributed by atoms with Gasteiger partial charge in [-0.3, -0.25) is 5.32 Å². The summed E-state index contributed by atoms with van der Waals surface area (Å²) in [6.07, 6.45) is 3.42. The maximum Gasteiger partial charge on any atom is 0.325 e. The first kappa shape index (κ1) is 21.1. The lowest BCUT2D eigenvalue weighted by Crippen LogP contribution is -2.19. The Labute approximate surface area is 176 Å². The van der Waals surface area contributed by atoms with E-state index in [4.69, 9.17) is 9.15 Å². The number of benzene rings is 1.